The number of rotatable bonds is 7. The first-order valence-electron chi connectivity index (χ1n) is 7.66. The topological polar surface area (TPSA) is 98.9 Å². The number of aliphatic hydroxyl groups excluding tert-OH is 1. The molecule has 0 aliphatic rings. The third-order valence-corrected chi connectivity index (χ3v) is 3.60. The van der Waals surface area contributed by atoms with Gasteiger partial charge in [0.2, 0.25) is 12.3 Å². The number of esters is 1. The Kier molecular flexibility index (Phi) is 6.57. The van der Waals surface area contributed by atoms with E-state index < -0.39 is 23.2 Å². The number of carbonyl (C=O) groups excluding carboxylic acids is 1. The monoisotopic (exact) mass is 377 g/mol. The van der Waals surface area contributed by atoms with Gasteiger partial charge in [-0.2, -0.15) is 0 Å². The van der Waals surface area contributed by atoms with Crippen molar-refractivity contribution >= 4 is 23.1 Å². The molecule has 26 heavy (non-hydrogen) atoms. The Morgan fingerprint density at radius 2 is 1.88 bits per heavy atom. The van der Waals surface area contributed by atoms with Gasteiger partial charge in [0.1, 0.15) is 11.5 Å². The molecule has 2 aromatic rings. The van der Waals surface area contributed by atoms with Crippen LogP contribution in [-0.2, 0) is 9.53 Å². The highest BCUT2D eigenvalue weighted by molar-refractivity contribution is 6.32. The standard InChI is InChI=1S/C18H16ClNO6/c1-2-25-18(22)17(21)13(11-20(23)24)16-14(19)9-6-10-15(16)26-12-7-4-3-5-8-12/h3-10,21H,2,11H2,1H3. The van der Waals surface area contributed by atoms with Crippen LogP contribution in [0.3, 0.4) is 0 Å². The molecule has 7 nitrogen and oxygen atoms in total. The van der Waals surface area contributed by atoms with Crippen LogP contribution in [0.5, 0.6) is 11.5 Å². The van der Waals surface area contributed by atoms with E-state index in [9.17, 15) is 20.0 Å². The number of aliphatic hydroxyl groups is 1. The van der Waals surface area contributed by atoms with Gasteiger partial charge < -0.3 is 14.6 Å². The lowest BCUT2D eigenvalue weighted by Gasteiger charge is -2.14. The van der Waals surface area contributed by atoms with Crippen molar-refractivity contribution < 1.29 is 24.3 Å². The van der Waals surface area contributed by atoms with Crippen LogP contribution in [0.4, 0.5) is 0 Å². The van der Waals surface area contributed by atoms with Crippen LogP contribution in [0.25, 0.3) is 5.57 Å². The summed E-state index contributed by atoms with van der Waals surface area (Å²) in [5.74, 6) is -1.33. The number of nitrogens with zero attached hydrogens (tertiary/aromatic N) is 1. The number of carbonyl (C=O) groups is 1. The molecule has 0 aliphatic heterocycles. The van der Waals surface area contributed by atoms with Crippen LogP contribution in [-0.4, -0.2) is 29.2 Å². The number of hydrogen-bond acceptors (Lipinski definition) is 6. The first-order chi connectivity index (χ1) is 12.4. The second kappa shape index (κ2) is 8.87. The zero-order chi connectivity index (χ0) is 19.1. The molecule has 0 heterocycles. The van der Waals surface area contributed by atoms with Gasteiger partial charge in [-0.25, -0.2) is 4.79 Å². The molecule has 0 unspecified atom stereocenters. The Hall–Kier alpha value is -3.06. The average molecular weight is 378 g/mol. The Morgan fingerprint density at radius 1 is 1.19 bits per heavy atom. The first kappa shape index (κ1) is 19.3. The SMILES string of the molecule is CCOC(=O)C(O)=C(C[N+](=O)[O-])c1c(Cl)cccc1Oc1ccccc1. The van der Waals surface area contributed by atoms with Gasteiger partial charge in [0.15, 0.2) is 0 Å². The summed E-state index contributed by atoms with van der Waals surface area (Å²) in [5, 5.41) is 21.4. The van der Waals surface area contributed by atoms with Gasteiger partial charge in [-0.15, -0.1) is 0 Å². The number of ether oxygens (including phenoxy) is 2. The zero-order valence-corrected chi connectivity index (χ0v) is 14.6. The van der Waals surface area contributed by atoms with E-state index in [4.69, 9.17) is 21.1 Å². The van der Waals surface area contributed by atoms with Gasteiger partial charge in [-0.3, -0.25) is 10.1 Å². The van der Waals surface area contributed by atoms with E-state index in [2.05, 4.69) is 0 Å². The summed E-state index contributed by atoms with van der Waals surface area (Å²) in [6.45, 7) is 0.724. The molecule has 0 radical (unpaired) electrons. The summed E-state index contributed by atoms with van der Waals surface area (Å²) in [7, 11) is 0. The predicted octanol–water partition coefficient (Wildman–Crippen LogP) is 4.24. The molecule has 0 amide bonds. The van der Waals surface area contributed by atoms with Crippen molar-refractivity contribution in [2.24, 2.45) is 0 Å². The highest BCUT2D eigenvalue weighted by Crippen LogP contribution is 2.37. The zero-order valence-electron chi connectivity index (χ0n) is 13.8. The molecular formula is C18H16ClNO6. The fraction of sp³-hybridized carbons (Fsp3) is 0.167. The molecule has 0 spiro atoms. The summed E-state index contributed by atoms with van der Waals surface area (Å²) in [6, 6.07) is 13.3. The van der Waals surface area contributed by atoms with Crippen molar-refractivity contribution in [1.29, 1.82) is 0 Å². The third kappa shape index (κ3) is 4.73. The maximum atomic E-state index is 11.9. The normalized spacial score (nSPS) is 11.5. The van der Waals surface area contributed by atoms with E-state index in [1.165, 1.54) is 12.1 Å². The minimum absolute atomic E-state index is 0.00450. The highest BCUT2D eigenvalue weighted by Gasteiger charge is 2.26. The van der Waals surface area contributed by atoms with Gasteiger partial charge in [0, 0.05) is 10.5 Å². The molecule has 8 heteroatoms. The fourth-order valence-corrected chi connectivity index (χ4v) is 2.50. The molecule has 2 aromatic carbocycles. The molecule has 0 saturated heterocycles. The van der Waals surface area contributed by atoms with Gasteiger partial charge in [-0.1, -0.05) is 35.9 Å². The molecular weight excluding hydrogens is 362 g/mol. The lowest BCUT2D eigenvalue weighted by Crippen LogP contribution is -2.14. The maximum Gasteiger partial charge on any atom is 0.373 e. The Morgan fingerprint density at radius 3 is 2.50 bits per heavy atom. The van der Waals surface area contributed by atoms with E-state index in [1.54, 1.807) is 43.3 Å². The molecule has 2 rings (SSSR count). The summed E-state index contributed by atoms with van der Waals surface area (Å²) >= 11 is 6.20. The van der Waals surface area contributed by atoms with Crippen molar-refractivity contribution in [2.75, 3.05) is 13.2 Å². The minimum Gasteiger partial charge on any atom is -0.501 e. The second-order valence-corrected chi connectivity index (χ2v) is 5.47. The first-order valence-corrected chi connectivity index (χ1v) is 8.04. The van der Waals surface area contributed by atoms with Gasteiger partial charge in [0.05, 0.1) is 17.2 Å². The van der Waals surface area contributed by atoms with Crippen molar-refractivity contribution in [3.05, 3.63) is 75.0 Å². The Bertz CT molecular complexity index is 835. The van der Waals surface area contributed by atoms with Crippen LogP contribution in [0, 0.1) is 10.1 Å². The van der Waals surface area contributed by atoms with E-state index in [0.717, 1.165) is 0 Å². The Balaban J connectivity index is 2.59. The van der Waals surface area contributed by atoms with E-state index in [0.29, 0.717) is 5.75 Å². The quantitative estimate of drug-likeness (QED) is 0.255. The lowest BCUT2D eigenvalue weighted by molar-refractivity contribution is -0.465. The minimum atomic E-state index is -1.07. The summed E-state index contributed by atoms with van der Waals surface area (Å²) in [4.78, 5) is 22.3. The van der Waals surface area contributed by atoms with Crippen LogP contribution in [0.2, 0.25) is 5.02 Å². The number of para-hydroxylation sites is 1. The molecule has 0 aromatic heterocycles. The third-order valence-electron chi connectivity index (χ3n) is 3.29. The van der Waals surface area contributed by atoms with Gasteiger partial charge in [0.25, 0.3) is 0 Å². The van der Waals surface area contributed by atoms with Crippen LogP contribution >= 0.6 is 11.6 Å². The molecule has 136 valence electrons. The summed E-state index contributed by atoms with van der Waals surface area (Å²) in [6.07, 6.45) is 0. The number of hydrogen-bond donors (Lipinski definition) is 1. The molecule has 0 aliphatic carbocycles. The van der Waals surface area contributed by atoms with Crippen molar-refractivity contribution in [3.63, 3.8) is 0 Å². The number of halogens is 1. The second-order valence-electron chi connectivity index (χ2n) is 5.07. The average Bonchev–Trinajstić information content (AvgIpc) is 2.61. The smallest absolute Gasteiger partial charge is 0.373 e. The molecule has 0 saturated carbocycles. The summed E-state index contributed by atoms with van der Waals surface area (Å²) in [5.41, 5.74) is -0.231. The largest absolute Gasteiger partial charge is 0.501 e. The number of benzene rings is 2. The van der Waals surface area contributed by atoms with E-state index in [-0.39, 0.29) is 28.5 Å². The molecule has 1 N–H and O–H groups in total. The lowest BCUT2D eigenvalue weighted by atomic mass is 10.0. The Labute approximate surface area is 154 Å². The van der Waals surface area contributed by atoms with E-state index in [1.807, 2.05) is 0 Å². The van der Waals surface area contributed by atoms with Crippen molar-refractivity contribution in [2.45, 2.75) is 6.92 Å². The van der Waals surface area contributed by atoms with Crippen molar-refractivity contribution in [1.82, 2.24) is 0 Å². The fourth-order valence-electron chi connectivity index (χ4n) is 2.22. The number of nitro groups is 1. The van der Waals surface area contributed by atoms with Crippen LogP contribution < -0.4 is 4.74 Å². The van der Waals surface area contributed by atoms with Crippen LogP contribution in [0.15, 0.2) is 54.3 Å². The molecule has 0 bridgehead atoms. The predicted molar refractivity (Wildman–Crippen MR) is 96.0 cm³/mol. The maximum absolute atomic E-state index is 11.9. The van der Waals surface area contributed by atoms with Crippen LogP contribution in [0.1, 0.15) is 12.5 Å². The molecule has 0 atom stereocenters. The van der Waals surface area contributed by atoms with E-state index >= 15 is 0 Å². The van der Waals surface area contributed by atoms with Crippen molar-refractivity contribution in [3.8, 4) is 11.5 Å². The van der Waals surface area contributed by atoms with Gasteiger partial charge >= 0.3 is 5.97 Å². The highest BCUT2D eigenvalue weighted by atomic mass is 35.5. The molecule has 0 fully saturated rings. The summed E-state index contributed by atoms with van der Waals surface area (Å²) < 4.78 is 10.5. The van der Waals surface area contributed by atoms with Gasteiger partial charge in [-0.05, 0) is 31.2 Å².